The summed E-state index contributed by atoms with van der Waals surface area (Å²) in [6.45, 7) is 1.52. The van der Waals surface area contributed by atoms with E-state index in [4.69, 9.17) is 5.73 Å². The molecule has 1 atom stereocenters. The highest BCUT2D eigenvalue weighted by atomic mass is 32.2. The molecule has 1 rings (SSSR count). The molecule has 18 heavy (non-hydrogen) atoms. The first-order chi connectivity index (χ1) is 8.34. The third-order valence-corrected chi connectivity index (χ3v) is 4.82. The summed E-state index contributed by atoms with van der Waals surface area (Å²) in [5, 5.41) is -0.937. The maximum Gasteiger partial charge on any atom is 0.220 e. The second kappa shape index (κ2) is 6.21. The fourth-order valence-corrected chi connectivity index (χ4v) is 2.63. The van der Waals surface area contributed by atoms with Gasteiger partial charge in [0.25, 0.3) is 0 Å². The van der Waals surface area contributed by atoms with Gasteiger partial charge >= 0.3 is 0 Å². The van der Waals surface area contributed by atoms with Crippen LogP contribution in [0.5, 0.6) is 0 Å². The average molecular weight is 290 g/mol. The van der Waals surface area contributed by atoms with E-state index in [2.05, 4.69) is 16.9 Å². The van der Waals surface area contributed by atoms with E-state index in [0.717, 1.165) is 0 Å². The third-order valence-electron chi connectivity index (χ3n) is 2.52. The number of thiocarbonyl (C=S) groups is 1. The van der Waals surface area contributed by atoms with E-state index in [0.29, 0.717) is 5.56 Å². The Morgan fingerprint density at radius 3 is 2.67 bits per heavy atom. The van der Waals surface area contributed by atoms with E-state index in [1.54, 1.807) is 18.2 Å². The Labute approximate surface area is 111 Å². The van der Waals surface area contributed by atoms with Crippen molar-refractivity contribution in [2.24, 2.45) is 5.73 Å². The standard InChI is InChI=1S/C11H15FN2O2S2/c1-8(11(13)17)18(15,16)14-7-6-9-4-2-3-5-10(9)12/h2-5,8,14H,6-7H2,1H3,(H2,13,17). The number of hydrogen-bond acceptors (Lipinski definition) is 3. The van der Waals surface area contributed by atoms with Gasteiger partial charge in [-0.25, -0.2) is 17.5 Å². The molecule has 4 nitrogen and oxygen atoms in total. The van der Waals surface area contributed by atoms with Gasteiger partial charge in [0.05, 0.1) is 4.99 Å². The molecule has 3 N–H and O–H groups in total. The Morgan fingerprint density at radius 2 is 2.11 bits per heavy atom. The lowest BCUT2D eigenvalue weighted by Gasteiger charge is -2.12. The van der Waals surface area contributed by atoms with Crippen molar-refractivity contribution >= 4 is 27.2 Å². The van der Waals surface area contributed by atoms with E-state index in [1.807, 2.05) is 0 Å². The van der Waals surface area contributed by atoms with E-state index >= 15 is 0 Å². The second-order valence-electron chi connectivity index (χ2n) is 3.83. The summed E-state index contributed by atoms with van der Waals surface area (Å²) in [6, 6.07) is 6.23. The van der Waals surface area contributed by atoms with Gasteiger partial charge in [-0.1, -0.05) is 30.4 Å². The largest absolute Gasteiger partial charge is 0.392 e. The van der Waals surface area contributed by atoms with Gasteiger partial charge in [-0.05, 0) is 25.0 Å². The zero-order valence-corrected chi connectivity index (χ0v) is 11.5. The predicted octanol–water partition coefficient (Wildman–Crippen LogP) is 0.962. The van der Waals surface area contributed by atoms with Crippen LogP contribution >= 0.6 is 12.2 Å². The number of rotatable bonds is 6. The summed E-state index contributed by atoms with van der Waals surface area (Å²) in [5.41, 5.74) is 5.74. The molecule has 0 saturated heterocycles. The third kappa shape index (κ3) is 4.01. The summed E-state index contributed by atoms with van der Waals surface area (Å²) >= 11 is 4.63. The van der Waals surface area contributed by atoms with Crippen molar-refractivity contribution in [3.05, 3.63) is 35.6 Å². The molecule has 0 bridgehead atoms. The number of sulfonamides is 1. The van der Waals surface area contributed by atoms with Gasteiger partial charge < -0.3 is 5.73 Å². The molecule has 0 aliphatic heterocycles. The Bertz CT molecular complexity index is 532. The van der Waals surface area contributed by atoms with Crippen LogP contribution in [0.1, 0.15) is 12.5 Å². The summed E-state index contributed by atoms with van der Waals surface area (Å²) in [7, 11) is -3.58. The summed E-state index contributed by atoms with van der Waals surface area (Å²) in [6.07, 6.45) is 0.274. The first kappa shape index (κ1) is 15.0. The summed E-state index contributed by atoms with van der Waals surface area (Å²) in [5.74, 6) is -0.348. The van der Waals surface area contributed by atoms with E-state index in [9.17, 15) is 12.8 Å². The molecule has 7 heteroatoms. The fraction of sp³-hybridized carbons (Fsp3) is 0.364. The van der Waals surface area contributed by atoms with Crippen LogP contribution < -0.4 is 10.5 Å². The predicted molar refractivity (Wildman–Crippen MR) is 73.3 cm³/mol. The van der Waals surface area contributed by atoms with Crippen molar-refractivity contribution in [1.29, 1.82) is 0 Å². The molecule has 1 aromatic carbocycles. The van der Waals surface area contributed by atoms with Gasteiger partial charge in [-0.2, -0.15) is 0 Å². The first-order valence-corrected chi connectivity index (χ1v) is 7.31. The van der Waals surface area contributed by atoms with Crippen molar-refractivity contribution < 1.29 is 12.8 Å². The number of nitrogens with one attached hydrogen (secondary N) is 1. The maximum absolute atomic E-state index is 13.3. The lowest BCUT2D eigenvalue weighted by atomic mass is 10.1. The molecule has 0 aliphatic rings. The van der Waals surface area contributed by atoms with Crippen LogP contribution in [0.15, 0.2) is 24.3 Å². The Hall–Kier alpha value is -1.05. The molecule has 1 aromatic rings. The normalized spacial score (nSPS) is 13.2. The van der Waals surface area contributed by atoms with Crippen molar-refractivity contribution in [3.8, 4) is 0 Å². The van der Waals surface area contributed by atoms with Gasteiger partial charge in [0.1, 0.15) is 11.1 Å². The SMILES string of the molecule is CC(C(N)=S)S(=O)(=O)NCCc1ccccc1F. The minimum absolute atomic E-state index is 0.0895. The summed E-state index contributed by atoms with van der Waals surface area (Å²) in [4.78, 5) is -0.0895. The van der Waals surface area contributed by atoms with Gasteiger partial charge in [0, 0.05) is 6.54 Å². The van der Waals surface area contributed by atoms with Crippen molar-refractivity contribution in [2.45, 2.75) is 18.6 Å². The minimum Gasteiger partial charge on any atom is -0.392 e. The van der Waals surface area contributed by atoms with E-state index < -0.39 is 15.3 Å². The maximum atomic E-state index is 13.3. The molecule has 100 valence electrons. The Kier molecular flexibility index (Phi) is 5.18. The molecule has 0 amide bonds. The smallest absolute Gasteiger partial charge is 0.220 e. The van der Waals surface area contributed by atoms with Gasteiger partial charge in [-0.3, -0.25) is 0 Å². The fourth-order valence-electron chi connectivity index (χ4n) is 1.31. The van der Waals surface area contributed by atoms with Crippen LogP contribution in [0.4, 0.5) is 4.39 Å². The lowest BCUT2D eigenvalue weighted by Crippen LogP contribution is -2.40. The summed E-state index contributed by atoms with van der Waals surface area (Å²) < 4.78 is 39.0. The minimum atomic E-state index is -3.58. The van der Waals surface area contributed by atoms with E-state index in [-0.39, 0.29) is 23.8 Å². The highest BCUT2D eigenvalue weighted by Crippen LogP contribution is 2.07. The van der Waals surface area contributed by atoms with Gasteiger partial charge in [-0.15, -0.1) is 0 Å². The second-order valence-corrected chi connectivity index (χ2v) is 6.38. The molecule has 0 spiro atoms. The van der Waals surface area contributed by atoms with Crippen LogP contribution in [0.2, 0.25) is 0 Å². The van der Waals surface area contributed by atoms with Gasteiger partial charge in [0.15, 0.2) is 0 Å². The molecular formula is C11H15FN2O2S2. The van der Waals surface area contributed by atoms with Crippen molar-refractivity contribution in [1.82, 2.24) is 4.72 Å². The zero-order valence-electron chi connectivity index (χ0n) is 9.89. The van der Waals surface area contributed by atoms with Crippen LogP contribution in [-0.2, 0) is 16.4 Å². The van der Waals surface area contributed by atoms with Crippen LogP contribution in [-0.4, -0.2) is 25.2 Å². The van der Waals surface area contributed by atoms with Crippen molar-refractivity contribution in [3.63, 3.8) is 0 Å². The topological polar surface area (TPSA) is 72.2 Å². The molecule has 0 radical (unpaired) electrons. The molecule has 0 saturated carbocycles. The highest BCUT2D eigenvalue weighted by Gasteiger charge is 2.22. The monoisotopic (exact) mass is 290 g/mol. The van der Waals surface area contributed by atoms with Crippen molar-refractivity contribution in [2.75, 3.05) is 6.54 Å². The van der Waals surface area contributed by atoms with Crippen LogP contribution in [0.3, 0.4) is 0 Å². The number of halogens is 1. The number of nitrogens with two attached hydrogens (primary N) is 1. The highest BCUT2D eigenvalue weighted by molar-refractivity contribution is 7.93. The molecular weight excluding hydrogens is 275 g/mol. The van der Waals surface area contributed by atoms with E-state index in [1.165, 1.54) is 13.0 Å². The Balaban J connectivity index is 2.57. The van der Waals surface area contributed by atoms with Crippen LogP contribution in [0, 0.1) is 5.82 Å². The van der Waals surface area contributed by atoms with Gasteiger partial charge in [0.2, 0.25) is 10.0 Å². The first-order valence-electron chi connectivity index (χ1n) is 5.36. The molecule has 1 unspecified atom stereocenters. The molecule has 0 aliphatic carbocycles. The lowest BCUT2D eigenvalue weighted by molar-refractivity contribution is 0.574. The molecule has 0 aromatic heterocycles. The quantitative estimate of drug-likeness (QED) is 0.766. The Morgan fingerprint density at radius 1 is 1.50 bits per heavy atom. The number of hydrogen-bond donors (Lipinski definition) is 2. The zero-order chi connectivity index (χ0) is 13.8. The number of benzene rings is 1. The van der Waals surface area contributed by atoms with Crippen LogP contribution in [0.25, 0.3) is 0 Å². The molecule has 0 heterocycles. The molecule has 0 fully saturated rings. The average Bonchev–Trinajstić information content (AvgIpc) is 2.30.